The lowest BCUT2D eigenvalue weighted by atomic mass is 10.2. The number of carbonyl (C=O) groups excluding carboxylic acids is 2. The van der Waals surface area contributed by atoms with Gasteiger partial charge in [0.25, 0.3) is 5.91 Å². The number of thioether (sulfide) groups is 1. The highest BCUT2D eigenvalue weighted by atomic mass is 32.2. The first-order valence-electron chi connectivity index (χ1n) is 9.54. The van der Waals surface area contributed by atoms with Crippen molar-refractivity contribution in [1.82, 2.24) is 19.9 Å². The number of pyridine rings is 1. The maximum absolute atomic E-state index is 13.3. The number of nitrogens with zero attached hydrogens (tertiary/aromatic N) is 3. The highest BCUT2D eigenvalue weighted by Crippen LogP contribution is 2.19. The van der Waals surface area contributed by atoms with Crippen LogP contribution in [0.4, 0.5) is 14.5 Å². The number of hydrogen-bond acceptors (Lipinski definition) is 5. The molecule has 0 saturated carbocycles. The molecule has 0 aliphatic heterocycles. The molecule has 2 amide bonds. The summed E-state index contributed by atoms with van der Waals surface area (Å²) in [6, 6.07) is 16.0. The van der Waals surface area contributed by atoms with Crippen molar-refractivity contribution in [3.8, 4) is 0 Å². The number of carbonyl (C=O) groups is 2. The summed E-state index contributed by atoms with van der Waals surface area (Å²) in [6.07, 6.45) is 1.60. The number of rotatable bonds is 7. The SMILES string of the molecule is O=C(CSc1nnc2ccc(C(=O)NCc3ccccc3)cn12)Nc1ccc(F)c(F)c1. The zero-order valence-corrected chi connectivity index (χ0v) is 17.4. The van der Waals surface area contributed by atoms with Gasteiger partial charge >= 0.3 is 0 Å². The number of nitrogens with one attached hydrogen (secondary N) is 2. The molecule has 0 atom stereocenters. The van der Waals surface area contributed by atoms with Crippen LogP contribution in [0.15, 0.2) is 72.0 Å². The van der Waals surface area contributed by atoms with E-state index < -0.39 is 17.5 Å². The van der Waals surface area contributed by atoms with Gasteiger partial charge in [0.1, 0.15) is 0 Å². The molecule has 0 aliphatic rings. The first-order chi connectivity index (χ1) is 15.5. The summed E-state index contributed by atoms with van der Waals surface area (Å²) in [4.78, 5) is 24.7. The van der Waals surface area contributed by atoms with E-state index in [0.717, 1.165) is 29.5 Å². The van der Waals surface area contributed by atoms with Gasteiger partial charge < -0.3 is 10.6 Å². The Labute approximate surface area is 185 Å². The van der Waals surface area contributed by atoms with Crippen LogP contribution in [0.1, 0.15) is 15.9 Å². The molecule has 2 N–H and O–H groups in total. The normalized spacial score (nSPS) is 10.8. The second kappa shape index (κ2) is 9.56. The molecule has 32 heavy (non-hydrogen) atoms. The standard InChI is InChI=1S/C22H17F2N5O2S/c23-17-8-7-16(10-18(17)24)26-20(30)13-32-22-28-27-19-9-6-15(12-29(19)22)21(31)25-11-14-4-2-1-3-5-14/h1-10,12H,11,13H2,(H,25,31)(H,26,30). The maximum atomic E-state index is 13.3. The molecular weight excluding hydrogens is 436 g/mol. The summed E-state index contributed by atoms with van der Waals surface area (Å²) >= 11 is 1.10. The summed E-state index contributed by atoms with van der Waals surface area (Å²) in [7, 11) is 0. The molecule has 0 bridgehead atoms. The zero-order valence-electron chi connectivity index (χ0n) is 16.6. The average Bonchev–Trinajstić information content (AvgIpc) is 3.21. The third-order valence-corrected chi connectivity index (χ3v) is 5.41. The molecule has 0 spiro atoms. The molecule has 0 aliphatic carbocycles. The van der Waals surface area contributed by atoms with E-state index in [4.69, 9.17) is 0 Å². The van der Waals surface area contributed by atoms with Crippen LogP contribution in [0.3, 0.4) is 0 Å². The Kier molecular flexibility index (Phi) is 6.41. The highest BCUT2D eigenvalue weighted by Gasteiger charge is 2.13. The van der Waals surface area contributed by atoms with Gasteiger partial charge in [0.15, 0.2) is 22.4 Å². The smallest absolute Gasteiger partial charge is 0.253 e. The van der Waals surface area contributed by atoms with Crippen molar-refractivity contribution in [3.05, 3.63) is 89.6 Å². The van der Waals surface area contributed by atoms with Crippen LogP contribution in [-0.2, 0) is 11.3 Å². The molecule has 4 rings (SSSR count). The summed E-state index contributed by atoms with van der Waals surface area (Å²) in [5, 5.41) is 13.8. The van der Waals surface area contributed by atoms with E-state index >= 15 is 0 Å². The molecule has 0 fully saturated rings. The van der Waals surface area contributed by atoms with Crippen LogP contribution in [0.2, 0.25) is 0 Å². The van der Waals surface area contributed by atoms with Gasteiger partial charge in [-0.2, -0.15) is 0 Å². The van der Waals surface area contributed by atoms with Crippen molar-refractivity contribution < 1.29 is 18.4 Å². The van der Waals surface area contributed by atoms with E-state index in [1.807, 2.05) is 30.3 Å². The number of amides is 2. The Morgan fingerprint density at radius 2 is 1.78 bits per heavy atom. The first kappa shape index (κ1) is 21.4. The molecule has 4 aromatic rings. The molecule has 162 valence electrons. The predicted octanol–water partition coefficient (Wildman–Crippen LogP) is 3.67. The van der Waals surface area contributed by atoms with Crippen LogP contribution in [0, 0.1) is 11.6 Å². The fourth-order valence-corrected chi connectivity index (χ4v) is 3.60. The maximum Gasteiger partial charge on any atom is 0.253 e. The van der Waals surface area contributed by atoms with Gasteiger partial charge in [0.05, 0.1) is 11.3 Å². The average molecular weight is 453 g/mol. The first-order valence-corrected chi connectivity index (χ1v) is 10.5. The van der Waals surface area contributed by atoms with Gasteiger partial charge in [-0.25, -0.2) is 8.78 Å². The van der Waals surface area contributed by atoms with E-state index in [2.05, 4.69) is 20.8 Å². The topological polar surface area (TPSA) is 88.4 Å². The lowest BCUT2D eigenvalue weighted by molar-refractivity contribution is -0.113. The lowest BCUT2D eigenvalue weighted by Crippen LogP contribution is -2.23. The fraction of sp³-hybridized carbons (Fsp3) is 0.0909. The number of fused-ring (bicyclic) bond motifs is 1. The quantitative estimate of drug-likeness (QED) is 0.417. The molecule has 10 heteroatoms. The largest absolute Gasteiger partial charge is 0.348 e. The molecule has 0 radical (unpaired) electrons. The van der Waals surface area contributed by atoms with Gasteiger partial charge in [0.2, 0.25) is 5.91 Å². The minimum atomic E-state index is -1.04. The molecule has 2 aromatic carbocycles. The van der Waals surface area contributed by atoms with Crippen molar-refractivity contribution in [2.24, 2.45) is 0 Å². The third kappa shape index (κ3) is 5.09. The van der Waals surface area contributed by atoms with Crippen LogP contribution in [-0.4, -0.2) is 32.2 Å². The van der Waals surface area contributed by atoms with E-state index in [1.54, 1.807) is 22.7 Å². The molecule has 0 unspecified atom stereocenters. The van der Waals surface area contributed by atoms with Gasteiger partial charge in [0, 0.05) is 24.5 Å². The summed E-state index contributed by atoms with van der Waals surface area (Å²) in [6.45, 7) is 0.394. The van der Waals surface area contributed by atoms with Crippen molar-refractivity contribution in [2.45, 2.75) is 11.7 Å². The third-order valence-electron chi connectivity index (χ3n) is 4.46. The minimum absolute atomic E-state index is 0.0375. The van der Waals surface area contributed by atoms with Gasteiger partial charge in [-0.05, 0) is 29.8 Å². The lowest BCUT2D eigenvalue weighted by Gasteiger charge is -2.07. The van der Waals surface area contributed by atoms with Crippen LogP contribution >= 0.6 is 11.8 Å². The van der Waals surface area contributed by atoms with Gasteiger partial charge in [-0.1, -0.05) is 42.1 Å². The summed E-state index contributed by atoms with van der Waals surface area (Å²) < 4.78 is 27.9. The van der Waals surface area contributed by atoms with Crippen molar-refractivity contribution >= 4 is 34.9 Å². The highest BCUT2D eigenvalue weighted by molar-refractivity contribution is 7.99. The van der Waals surface area contributed by atoms with Crippen LogP contribution in [0.5, 0.6) is 0 Å². The van der Waals surface area contributed by atoms with E-state index in [1.165, 1.54) is 6.07 Å². The van der Waals surface area contributed by atoms with Crippen molar-refractivity contribution in [3.63, 3.8) is 0 Å². The Morgan fingerprint density at radius 1 is 0.969 bits per heavy atom. The number of hydrogen-bond donors (Lipinski definition) is 2. The molecule has 0 saturated heterocycles. The monoisotopic (exact) mass is 453 g/mol. The predicted molar refractivity (Wildman–Crippen MR) is 116 cm³/mol. The molecule has 2 aromatic heterocycles. The van der Waals surface area contributed by atoms with Crippen molar-refractivity contribution in [1.29, 1.82) is 0 Å². The van der Waals surface area contributed by atoms with Gasteiger partial charge in [-0.3, -0.25) is 14.0 Å². The molecular formula is C22H17F2N5O2S. The van der Waals surface area contributed by atoms with E-state index in [0.29, 0.717) is 22.9 Å². The Hall–Kier alpha value is -3.79. The molecule has 2 heterocycles. The van der Waals surface area contributed by atoms with Crippen LogP contribution in [0.25, 0.3) is 5.65 Å². The van der Waals surface area contributed by atoms with Crippen LogP contribution < -0.4 is 10.6 Å². The fourth-order valence-electron chi connectivity index (χ4n) is 2.88. The second-order valence-electron chi connectivity index (χ2n) is 6.76. The number of halogens is 2. The zero-order chi connectivity index (χ0) is 22.5. The van der Waals surface area contributed by atoms with Gasteiger partial charge in [-0.15, -0.1) is 10.2 Å². The number of anilines is 1. The summed E-state index contributed by atoms with van der Waals surface area (Å²) in [5.74, 6) is -2.75. The minimum Gasteiger partial charge on any atom is -0.348 e. The summed E-state index contributed by atoms with van der Waals surface area (Å²) in [5.41, 5.74) is 2.07. The van der Waals surface area contributed by atoms with E-state index in [9.17, 15) is 18.4 Å². The Balaban J connectivity index is 1.40. The number of aromatic nitrogens is 3. The molecule has 7 nitrogen and oxygen atoms in total. The second-order valence-corrected chi connectivity index (χ2v) is 7.71. The Bertz CT molecular complexity index is 1280. The van der Waals surface area contributed by atoms with E-state index in [-0.39, 0.29) is 17.3 Å². The number of benzene rings is 2. The van der Waals surface area contributed by atoms with Crippen molar-refractivity contribution in [2.75, 3.05) is 11.1 Å². The Morgan fingerprint density at radius 3 is 2.56 bits per heavy atom.